The first-order valence-corrected chi connectivity index (χ1v) is 10.8. The smallest absolute Gasteiger partial charge is 0.253 e. The van der Waals surface area contributed by atoms with Crippen molar-refractivity contribution in [3.05, 3.63) is 65.7 Å². The zero-order valence-electron chi connectivity index (χ0n) is 15.8. The van der Waals surface area contributed by atoms with Crippen LogP contribution in [0.3, 0.4) is 0 Å². The molecule has 2 aromatic rings. The summed E-state index contributed by atoms with van der Waals surface area (Å²) in [4.78, 5) is 14.8. The molecule has 0 saturated carbocycles. The number of carbonyl (C=O) groups is 1. The van der Waals surface area contributed by atoms with E-state index in [0.717, 1.165) is 12.0 Å². The van der Waals surface area contributed by atoms with E-state index >= 15 is 0 Å². The minimum atomic E-state index is -3.69. The van der Waals surface area contributed by atoms with Crippen LogP contribution in [0.25, 0.3) is 0 Å². The molecule has 1 amide bonds. The fourth-order valence-electron chi connectivity index (χ4n) is 3.67. The summed E-state index contributed by atoms with van der Waals surface area (Å²) < 4.78 is 27.8. The maximum Gasteiger partial charge on any atom is 0.253 e. The summed E-state index contributed by atoms with van der Waals surface area (Å²) in [5.41, 5.74) is 1.29. The molecule has 0 aliphatic carbocycles. The molecule has 1 aliphatic heterocycles. The summed E-state index contributed by atoms with van der Waals surface area (Å²) >= 11 is 0. The zero-order chi connectivity index (χ0) is 19.4. The second kappa shape index (κ2) is 8.23. The van der Waals surface area contributed by atoms with Gasteiger partial charge in [0.1, 0.15) is 0 Å². The van der Waals surface area contributed by atoms with E-state index in [0.29, 0.717) is 30.5 Å². The molecule has 1 heterocycles. The van der Waals surface area contributed by atoms with Crippen molar-refractivity contribution < 1.29 is 13.2 Å². The second-order valence-electron chi connectivity index (χ2n) is 7.49. The van der Waals surface area contributed by atoms with Crippen molar-refractivity contribution in [3.63, 3.8) is 0 Å². The number of likely N-dealkylation sites (tertiary alicyclic amines) is 1. The first kappa shape index (κ1) is 19.6. The monoisotopic (exact) mass is 386 g/mol. The zero-order valence-corrected chi connectivity index (χ0v) is 16.6. The molecule has 1 fully saturated rings. The first-order valence-electron chi connectivity index (χ1n) is 9.28. The Morgan fingerprint density at radius 3 is 2.37 bits per heavy atom. The third-order valence-electron chi connectivity index (χ3n) is 4.86. The van der Waals surface area contributed by atoms with Gasteiger partial charge in [0.15, 0.2) is 0 Å². The van der Waals surface area contributed by atoms with E-state index in [4.69, 9.17) is 0 Å². The third kappa shape index (κ3) is 4.96. The highest BCUT2D eigenvalue weighted by atomic mass is 32.2. The second-order valence-corrected chi connectivity index (χ2v) is 9.26. The maximum atomic E-state index is 12.9. The molecule has 27 heavy (non-hydrogen) atoms. The standard InChI is InChI=1S/C21H26N2O3S/c1-16-11-17(2)15-23(14-16)21(24)19-9-6-10-20(12-19)27(25,26)22-13-18-7-4-3-5-8-18/h3-10,12,16-17,22H,11,13-15H2,1-2H3/t16-,17-/m1/s1. The average molecular weight is 387 g/mol. The molecule has 0 spiro atoms. The van der Waals surface area contributed by atoms with E-state index < -0.39 is 10.0 Å². The summed E-state index contributed by atoms with van der Waals surface area (Å²) in [5.74, 6) is 0.808. The predicted octanol–water partition coefficient (Wildman–Crippen LogP) is 3.28. The van der Waals surface area contributed by atoms with Crippen molar-refractivity contribution in [2.45, 2.75) is 31.7 Å². The van der Waals surface area contributed by atoms with Crippen molar-refractivity contribution in [1.29, 1.82) is 0 Å². The lowest BCUT2D eigenvalue weighted by molar-refractivity contribution is 0.0623. The van der Waals surface area contributed by atoms with Gasteiger partial charge in [0.2, 0.25) is 10.0 Å². The summed E-state index contributed by atoms with van der Waals surface area (Å²) in [6.45, 7) is 5.93. The van der Waals surface area contributed by atoms with Gasteiger partial charge in [0.05, 0.1) is 4.90 Å². The molecule has 0 radical (unpaired) electrons. The molecule has 0 aromatic heterocycles. The number of piperidine rings is 1. The summed E-state index contributed by atoms with van der Waals surface area (Å²) in [6.07, 6.45) is 1.11. The number of carbonyl (C=O) groups excluding carboxylic acids is 1. The van der Waals surface area contributed by atoms with E-state index in [-0.39, 0.29) is 17.3 Å². The minimum Gasteiger partial charge on any atom is -0.338 e. The van der Waals surface area contributed by atoms with Crippen LogP contribution in [-0.4, -0.2) is 32.3 Å². The molecule has 3 rings (SSSR count). The normalized spacial score (nSPS) is 20.4. The summed E-state index contributed by atoms with van der Waals surface area (Å²) in [7, 11) is -3.69. The minimum absolute atomic E-state index is 0.103. The van der Waals surface area contributed by atoms with Gasteiger partial charge in [-0.3, -0.25) is 4.79 Å². The van der Waals surface area contributed by atoms with Gasteiger partial charge in [-0.15, -0.1) is 0 Å². The highest BCUT2D eigenvalue weighted by molar-refractivity contribution is 7.89. The Balaban J connectivity index is 1.75. The SMILES string of the molecule is C[C@@H]1C[C@@H](C)CN(C(=O)c2cccc(S(=O)(=O)NCc3ccccc3)c2)C1. The molecular weight excluding hydrogens is 360 g/mol. The quantitative estimate of drug-likeness (QED) is 0.857. The van der Waals surface area contributed by atoms with Crippen molar-refractivity contribution in [3.8, 4) is 0 Å². The van der Waals surface area contributed by atoms with E-state index in [1.807, 2.05) is 35.2 Å². The Kier molecular flexibility index (Phi) is 5.97. The van der Waals surface area contributed by atoms with Gasteiger partial charge in [-0.25, -0.2) is 13.1 Å². The van der Waals surface area contributed by atoms with E-state index in [1.54, 1.807) is 12.1 Å². The largest absolute Gasteiger partial charge is 0.338 e. The number of hydrogen-bond donors (Lipinski definition) is 1. The van der Waals surface area contributed by atoms with Crippen molar-refractivity contribution in [2.75, 3.05) is 13.1 Å². The molecule has 1 N–H and O–H groups in total. The van der Waals surface area contributed by atoms with Gasteiger partial charge < -0.3 is 4.90 Å². The average Bonchev–Trinajstić information content (AvgIpc) is 2.66. The van der Waals surface area contributed by atoms with Crippen LogP contribution in [-0.2, 0) is 16.6 Å². The number of hydrogen-bond acceptors (Lipinski definition) is 3. The van der Waals surface area contributed by atoms with Crippen molar-refractivity contribution in [2.24, 2.45) is 11.8 Å². The van der Waals surface area contributed by atoms with E-state index in [1.165, 1.54) is 12.1 Å². The van der Waals surface area contributed by atoms with Gasteiger partial charge in [0.25, 0.3) is 5.91 Å². The van der Waals surface area contributed by atoms with Crippen LogP contribution in [0.5, 0.6) is 0 Å². The van der Waals surface area contributed by atoms with Gasteiger partial charge >= 0.3 is 0 Å². The number of nitrogens with one attached hydrogen (secondary N) is 1. The Morgan fingerprint density at radius 1 is 1.04 bits per heavy atom. The van der Waals surface area contributed by atoms with Crippen LogP contribution < -0.4 is 4.72 Å². The number of sulfonamides is 1. The molecule has 144 valence electrons. The van der Waals surface area contributed by atoms with Gasteiger partial charge in [-0.1, -0.05) is 50.2 Å². The fourth-order valence-corrected chi connectivity index (χ4v) is 4.73. The maximum absolute atomic E-state index is 12.9. The fraction of sp³-hybridized carbons (Fsp3) is 0.381. The Hall–Kier alpha value is -2.18. The van der Waals surface area contributed by atoms with Crippen LogP contribution >= 0.6 is 0 Å². The Morgan fingerprint density at radius 2 is 1.70 bits per heavy atom. The Labute approximate surface area is 161 Å². The molecule has 0 bridgehead atoms. The lowest BCUT2D eigenvalue weighted by Crippen LogP contribution is -2.42. The van der Waals surface area contributed by atoms with Gasteiger partial charge in [0, 0.05) is 25.2 Å². The van der Waals surface area contributed by atoms with Gasteiger partial charge in [-0.2, -0.15) is 0 Å². The molecular formula is C21H26N2O3S. The van der Waals surface area contributed by atoms with Crippen LogP contribution in [0.15, 0.2) is 59.5 Å². The van der Waals surface area contributed by atoms with E-state index in [2.05, 4.69) is 18.6 Å². The number of nitrogens with zero attached hydrogens (tertiary/aromatic N) is 1. The molecule has 1 aliphatic rings. The molecule has 2 aromatic carbocycles. The van der Waals surface area contributed by atoms with Crippen LogP contribution in [0.1, 0.15) is 36.2 Å². The number of rotatable bonds is 5. The van der Waals surface area contributed by atoms with Crippen LogP contribution in [0.4, 0.5) is 0 Å². The van der Waals surface area contributed by atoms with Gasteiger partial charge in [-0.05, 0) is 42.0 Å². The molecule has 6 heteroatoms. The summed E-state index contributed by atoms with van der Waals surface area (Å²) in [6, 6.07) is 15.6. The molecule has 5 nitrogen and oxygen atoms in total. The third-order valence-corrected chi connectivity index (χ3v) is 6.26. The van der Waals surface area contributed by atoms with E-state index in [9.17, 15) is 13.2 Å². The summed E-state index contributed by atoms with van der Waals surface area (Å²) in [5, 5.41) is 0. The van der Waals surface area contributed by atoms with Crippen molar-refractivity contribution in [1.82, 2.24) is 9.62 Å². The molecule has 2 atom stereocenters. The highest BCUT2D eigenvalue weighted by Gasteiger charge is 2.26. The highest BCUT2D eigenvalue weighted by Crippen LogP contribution is 2.23. The number of amides is 1. The van der Waals surface area contributed by atoms with Crippen molar-refractivity contribution >= 4 is 15.9 Å². The molecule has 0 unspecified atom stereocenters. The van der Waals surface area contributed by atoms with Crippen LogP contribution in [0.2, 0.25) is 0 Å². The molecule has 1 saturated heterocycles. The predicted molar refractivity (Wildman–Crippen MR) is 106 cm³/mol. The first-order chi connectivity index (χ1) is 12.8. The lowest BCUT2D eigenvalue weighted by atomic mass is 9.91. The topological polar surface area (TPSA) is 66.5 Å². The Bertz CT molecular complexity index is 887. The number of benzene rings is 2. The lowest BCUT2D eigenvalue weighted by Gasteiger charge is -2.35. The van der Waals surface area contributed by atoms with Crippen LogP contribution in [0, 0.1) is 11.8 Å².